The molecule has 77 heavy (non-hydrogen) atoms. The third-order valence-electron chi connectivity index (χ3n) is 14.0. The molecule has 6 atom stereocenters. The first kappa shape index (κ1) is 71.4. The van der Waals surface area contributed by atoms with Crippen LogP contribution in [-0.4, -0.2) is 89.2 Å². The van der Waals surface area contributed by atoms with E-state index in [2.05, 4.69) is 81.5 Å². The quantitative estimate of drug-likeness (QED) is 0.0228. The Balaban J connectivity index is 2.63. The van der Waals surface area contributed by atoms with Crippen LogP contribution in [0.15, 0.2) is 60.8 Å². The average molecular weight is 1090 g/mol. The summed E-state index contributed by atoms with van der Waals surface area (Å²) in [6.07, 6.45) is 53.3. The van der Waals surface area contributed by atoms with Crippen LogP contribution in [0, 0.1) is 0 Å². The Morgan fingerprint density at radius 3 is 1.30 bits per heavy atom. The highest BCUT2D eigenvalue weighted by Crippen LogP contribution is 2.27. The van der Waals surface area contributed by atoms with Crippen molar-refractivity contribution in [3.05, 3.63) is 60.8 Å². The maximum atomic E-state index is 13.1. The molecule has 1 fully saturated rings. The predicted molar refractivity (Wildman–Crippen MR) is 312 cm³/mol. The fourth-order valence-corrected chi connectivity index (χ4v) is 9.24. The first-order chi connectivity index (χ1) is 37.6. The molecule has 1 aliphatic rings. The van der Waals surface area contributed by atoms with E-state index in [0.29, 0.717) is 19.3 Å². The highest BCUT2D eigenvalue weighted by atomic mass is 16.7. The van der Waals surface area contributed by atoms with E-state index < -0.39 is 67.3 Å². The number of aliphatic hydroxyl groups is 2. The molecule has 1 aliphatic heterocycles. The molecular weight excluding hydrogens is 973 g/mol. The second-order valence-corrected chi connectivity index (χ2v) is 21.3. The molecule has 1 saturated heterocycles. The fraction of sp³-hybridized carbons (Fsp3) is 0.785. The molecule has 0 spiro atoms. The molecule has 12 nitrogen and oxygen atoms in total. The number of carboxylic acids is 1. The van der Waals surface area contributed by atoms with Crippen LogP contribution in [0.4, 0.5) is 0 Å². The monoisotopic (exact) mass is 1080 g/mol. The molecule has 0 saturated carbocycles. The van der Waals surface area contributed by atoms with Crippen molar-refractivity contribution >= 4 is 23.9 Å². The van der Waals surface area contributed by atoms with Crippen LogP contribution in [0.3, 0.4) is 0 Å². The second kappa shape index (κ2) is 53.1. The number of allylic oxidation sites excluding steroid dienone is 10. The lowest BCUT2D eigenvalue weighted by molar-refractivity contribution is -0.301. The number of ether oxygens (including phenoxy) is 5. The number of carbonyl (C=O) groups excluding carboxylic acids is 3. The summed E-state index contributed by atoms with van der Waals surface area (Å²) in [7, 11) is 0. The maximum absolute atomic E-state index is 13.1. The number of hydrogen-bond donors (Lipinski definition) is 3. The first-order valence-electron chi connectivity index (χ1n) is 31.3. The van der Waals surface area contributed by atoms with Crippen molar-refractivity contribution in [1.29, 1.82) is 0 Å². The zero-order valence-electron chi connectivity index (χ0n) is 49.0. The Morgan fingerprint density at radius 2 is 0.831 bits per heavy atom. The van der Waals surface area contributed by atoms with Crippen LogP contribution in [0.1, 0.15) is 278 Å². The number of rotatable bonds is 53. The second-order valence-electron chi connectivity index (χ2n) is 21.3. The lowest BCUT2D eigenvalue weighted by atomic mass is 9.98. The molecule has 0 radical (unpaired) electrons. The van der Waals surface area contributed by atoms with E-state index in [1.54, 1.807) is 0 Å². The molecule has 12 heteroatoms. The fourth-order valence-electron chi connectivity index (χ4n) is 9.24. The van der Waals surface area contributed by atoms with E-state index in [-0.39, 0.29) is 25.9 Å². The van der Waals surface area contributed by atoms with E-state index in [1.807, 2.05) is 0 Å². The van der Waals surface area contributed by atoms with Gasteiger partial charge >= 0.3 is 23.9 Å². The maximum Gasteiger partial charge on any atom is 0.335 e. The molecular formula is C65H112O12. The van der Waals surface area contributed by atoms with Gasteiger partial charge in [-0.1, -0.05) is 223 Å². The number of carbonyl (C=O) groups is 4. The van der Waals surface area contributed by atoms with Crippen molar-refractivity contribution in [3.63, 3.8) is 0 Å². The number of aliphatic hydroxyl groups excluding tert-OH is 2. The molecule has 0 aromatic heterocycles. The van der Waals surface area contributed by atoms with Crippen molar-refractivity contribution in [2.45, 2.75) is 314 Å². The molecule has 0 aliphatic carbocycles. The molecule has 1 rings (SSSR count). The summed E-state index contributed by atoms with van der Waals surface area (Å²) in [5.74, 6) is -3.13. The predicted octanol–water partition coefficient (Wildman–Crippen LogP) is 16.3. The van der Waals surface area contributed by atoms with Gasteiger partial charge in [-0.3, -0.25) is 14.4 Å². The molecule has 6 unspecified atom stereocenters. The van der Waals surface area contributed by atoms with Crippen LogP contribution in [0.25, 0.3) is 0 Å². The van der Waals surface area contributed by atoms with Crippen LogP contribution in [-0.2, 0) is 42.9 Å². The number of hydrogen-bond acceptors (Lipinski definition) is 11. The van der Waals surface area contributed by atoms with Gasteiger partial charge in [0.2, 0.25) is 0 Å². The van der Waals surface area contributed by atoms with Gasteiger partial charge in [-0.05, 0) is 96.3 Å². The molecule has 3 N–H and O–H groups in total. The number of esters is 3. The van der Waals surface area contributed by atoms with Crippen LogP contribution in [0.2, 0.25) is 0 Å². The summed E-state index contributed by atoms with van der Waals surface area (Å²) >= 11 is 0. The van der Waals surface area contributed by atoms with Gasteiger partial charge in [0, 0.05) is 19.3 Å². The summed E-state index contributed by atoms with van der Waals surface area (Å²) in [5.41, 5.74) is 0. The van der Waals surface area contributed by atoms with Gasteiger partial charge in [-0.15, -0.1) is 0 Å². The first-order valence-corrected chi connectivity index (χ1v) is 31.3. The Hall–Kier alpha value is -3.58. The Labute approximate surface area is 468 Å². The van der Waals surface area contributed by atoms with Gasteiger partial charge in [0.25, 0.3) is 0 Å². The van der Waals surface area contributed by atoms with E-state index in [9.17, 15) is 34.5 Å². The Bertz CT molecular complexity index is 1570. The summed E-state index contributed by atoms with van der Waals surface area (Å²) in [6, 6.07) is 0. The molecule has 444 valence electrons. The molecule has 0 aromatic rings. The van der Waals surface area contributed by atoms with Gasteiger partial charge in [0.15, 0.2) is 24.6 Å². The largest absolute Gasteiger partial charge is 0.479 e. The lowest BCUT2D eigenvalue weighted by Crippen LogP contribution is -2.61. The van der Waals surface area contributed by atoms with Crippen molar-refractivity contribution in [2.24, 2.45) is 0 Å². The standard InChI is InChI=1S/C65H112O12/c1-4-7-10-13-16-19-22-24-26-28-29-31-33-35-38-41-44-47-50-53-59(68)76-63-61(70)60(69)62(64(71)72)77-65(63)74-55-56(75-58(67)52-49-46-43-40-36-21-18-15-12-9-6-3)54-73-57(66)51-48-45-42-39-37-34-32-30-27-25-23-20-17-14-11-8-5-2/h8,11,15,17-18,20,24-27,56,60-63,65,69-70H,4-7,9-10,12-14,16,19,21-23,28-55H2,1-3H3,(H,71,72)/b11-8-,18-15-,20-17-,26-24-,27-25-. The zero-order chi connectivity index (χ0) is 56.1. The van der Waals surface area contributed by atoms with Crippen LogP contribution >= 0.6 is 0 Å². The van der Waals surface area contributed by atoms with Crippen LogP contribution in [0.5, 0.6) is 0 Å². The zero-order valence-corrected chi connectivity index (χ0v) is 49.0. The minimum absolute atomic E-state index is 0.0568. The van der Waals surface area contributed by atoms with Gasteiger partial charge < -0.3 is 39.0 Å². The van der Waals surface area contributed by atoms with Gasteiger partial charge in [-0.25, -0.2) is 4.79 Å². The Kier molecular flexibility index (Phi) is 49.2. The summed E-state index contributed by atoms with van der Waals surface area (Å²) in [5, 5.41) is 31.5. The van der Waals surface area contributed by atoms with Gasteiger partial charge in [0.1, 0.15) is 18.8 Å². The van der Waals surface area contributed by atoms with E-state index in [1.165, 1.54) is 96.3 Å². The normalized spacial score (nSPS) is 18.4. The van der Waals surface area contributed by atoms with Crippen LogP contribution < -0.4 is 0 Å². The van der Waals surface area contributed by atoms with E-state index in [0.717, 1.165) is 122 Å². The molecule has 0 aromatic carbocycles. The number of aliphatic carboxylic acids is 1. The summed E-state index contributed by atoms with van der Waals surface area (Å²) in [6.45, 7) is 5.84. The highest BCUT2D eigenvalue weighted by Gasteiger charge is 2.50. The van der Waals surface area contributed by atoms with Crippen molar-refractivity contribution < 1.29 is 58.2 Å². The summed E-state index contributed by atoms with van der Waals surface area (Å²) in [4.78, 5) is 51.2. The van der Waals surface area contributed by atoms with Gasteiger partial charge in [0.05, 0.1) is 6.61 Å². The smallest absolute Gasteiger partial charge is 0.335 e. The number of carboxylic acid groups (broad SMARTS) is 1. The minimum atomic E-state index is -1.91. The third kappa shape index (κ3) is 43.0. The highest BCUT2D eigenvalue weighted by molar-refractivity contribution is 5.74. The van der Waals surface area contributed by atoms with Crippen molar-refractivity contribution in [3.8, 4) is 0 Å². The topological polar surface area (TPSA) is 175 Å². The van der Waals surface area contributed by atoms with Gasteiger partial charge in [-0.2, -0.15) is 0 Å². The molecule has 1 heterocycles. The van der Waals surface area contributed by atoms with E-state index in [4.69, 9.17) is 23.7 Å². The van der Waals surface area contributed by atoms with E-state index >= 15 is 0 Å². The van der Waals surface area contributed by atoms with Crippen molar-refractivity contribution in [2.75, 3.05) is 13.2 Å². The average Bonchev–Trinajstić information content (AvgIpc) is 3.41. The minimum Gasteiger partial charge on any atom is -0.479 e. The van der Waals surface area contributed by atoms with Crippen molar-refractivity contribution in [1.82, 2.24) is 0 Å². The molecule has 0 bridgehead atoms. The lowest BCUT2D eigenvalue weighted by Gasteiger charge is -2.40. The molecule has 0 amide bonds. The summed E-state index contributed by atoms with van der Waals surface area (Å²) < 4.78 is 28.5. The number of unbranched alkanes of at least 4 members (excludes halogenated alkanes) is 29. The SMILES string of the molecule is CC/C=C\C/C=C\C/C=C\CCCCCCCCCC(=O)OCC(COC1OC(C(=O)O)C(O)C(O)C1OC(=O)CCCCCCCCCCC/C=C\CCCCCCCC)OC(=O)CCCCCCC/C=C\CCCC. The third-order valence-corrected chi connectivity index (χ3v) is 14.0. The Morgan fingerprint density at radius 1 is 0.442 bits per heavy atom.